The van der Waals surface area contributed by atoms with Gasteiger partial charge in [-0.05, 0) is 31.3 Å². The van der Waals surface area contributed by atoms with Crippen LogP contribution in [0.5, 0.6) is 0 Å². The highest BCUT2D eigenvalue weighted by Crippen LogP contribution is 2.67. The van der Waals surface area contributed by atoms with E-state index in [0.29, 0.717) is 6.42 Å². The minimum Gasteiger partial charge on any atom is -0.481 e. The van der Waals surface area contributed by atoms with Crippen molar-refractivity contribution >= 4 is 23.7 Å². The van der Waals surface area contributed by atoms with Crippen molar-refractivity contribution in [2.45, 2.75) is 45.8 Å². The number of aliphatic carboxylic acids is 1. The van der Waals surface area contributed by atoms with E-state index in [1.807, 2.05) is 0 Å². The lowest BCUT2D eigenvalue weighted by atomic mass is 9.42. The molecule has 2 aliphatic heterocycles. The highest BCUT2D eigenvalue weighted by molar-refractivity contribution is 5.97. The van der Waals surface area contributed by atoms with Crippen molar-refractivity contribution in [2.75, 3.05) is 6.61 Å². The van der Waals surface area contributed by atoms with Crippen molar-refractivity contribution in [3.05, 3.63) is 11.6 Å². The van der Waals surface area contributed by atoms with E-state index in [9.17, 15) is 29.4 Å². The topological polar surface area (TPSA) is 127 Å². The van der Waals surface area contributed by atoms with Crippen LogP contribution < -0.4 is 0 Å². The Balaban J connectivity index is 1.93. The lowest BCUT2D eigenvalue weighted by Crippen LogP contribution is -2.69. The first kappa shape index (κ1) is 19.1. The second kappa shape index (κ2) is 5.89. The molecule has 1 spiro atoms. The van der Waals surface area contributed by atoms with E-state index in [0.717, 1.165) is 5.57 Å². The van der Waals surface area contributed by atoms with Gasteiger partial charge in [-0.25, -0.2) is 0 Å². The maximum absolute atomic E-state index is 12.9. The first-order valence-corrected chi connectivity index (χ1v) is 9.54. The van der Waals surface area contributed by atoms with E-state index in [1.54, 1.807) is 20.8 Å². The predicted octanol–water partition coefficient (Wildman–Crippen LogP) is 0.714. The minimum atomic E-state index is -1.41. The number of ether oxygens (including phenoxy) is 2. The number of aliphatic hydroxyl groups excluding tert-OH is 1. The van der Waals surface area contributed by atoms with Gasteiger partial charge in [-0.15, -0.1) is 0 Å². The molecule has 2 N–H and O–H groups in total. The summed E-state index contributed by atoms with van der Waals surface area (Å²) in [5, 5.41) is 20.3. The molecule has 152 valence electrons. The molecule has 0 amide bonds. The molecular formula is C20H24O8. The second-order valence-corrected chi connectivity index (χ2v) is 8.92. The SMILES string of the molecule is CC1=CC(=O)[C@@H](O)[C@]2(C)C3C(=O)OC[C@@]34[C@@H](C[C@H]12)OC(=O)[C@H](C)[C@@H]4CC(=O)O. The third-order valence-electron chi connectivity index (χ3n) is 7.76. The van der Waals surface area contributed by atoms with Gasteiger partial charge in [0, 0.05) is 11.8 Å². The van der Waals surface area contributed by atoms with Crippen LogP contribution in [0.3, 0.4) is 0 Å². The van der Waals surface area contributed by atoms with Crippen LogP contribution in [-0.4, -0.2) is 52.7 Å². The lowest BCUT2D eigenvalue weighted by Gasteiger charge is -2.61. The molecule has 3 fully saturated rings. The normalized spacial score (nSPS) is 47.3. The molecule has 4 aliphatic rings. The lowest BCUT2D eigenvalue weighted by molar-refractivity contribution is -0.230. The summed E-state index contributed by atoms with van der Waals surface area (Å²) in [6, 6.07) is 0. The summed E-state index contributed by atoms with van der Waals surface area (Å²) in [7, 11) is 0. The highest BCUT2D eigenvalue weighted by atomic mass is 16.6. The number of hydrogen-bond acceptors (Lipinski definition) is 7. The Morgan fingerprint density at radius 2 is 1.96 bits per heavy atom. The van der Waals surface area contributed by atoms with Gasteiger partial charge in [-0.3, -0.25) is 19.2 Å². The molecule has 2 saturated heterocycles. The van der Waals surface area contributed by atoms with Crippen LogP contribution in [0, 0.1) is 34.5 Å². The zero-order valence-corrected chi connectivity index (χ0v) is 16.0. The number of cyclic esters (lactones) is 1. The number of ketones is 1. The smallest absolute Gasteiger partial charge is 0.310 e. The third-order valence-corrected chi connectivity index (χ3v) is 7.76. The number of rotatable bonds is 2. The molecule has 0 aromatic carbocycles. The minimum absolute atomic E-state index is 0.0806. The Morgan fingerprint density at radius 3 is 2.61 bits per heavy atom. The van der Waals surface area contributed by atoms with Crippen molar-refractivity contribution in [3.63, 3.8) is 0 Å². The number of fused-ring (bicyclic) bond motifs is 2. The largest absolute Gasteiger partial charge is 0.481 e. The molecule has 8 atom stereocenters. The van der Waals surface area contributed by atoms with Gasteiger partial charge < -0.3 is 19.7 Å². The molecule has 1 saturated carbocycles. The predicted molar refractivity (Wildman–Crippen MR) is 92.7 cm³/mol. The van der Waals surface area contributed by atoms with Crippen LogP contribution >= 0.6 is 0 Å². The van der Waals surface area contributed by atoms with Gasteiger partial charge in [0.2, 0.25) is 0 Å². The van der Waals surface area contributed by atoms with Gasteiger partial charge in [0.1, 0.15) is 18.8 Å². The third kappa shape index (κ3) is 2.15. The maximum Gasteiger partial charge on any atom is 0.310 e. The summed E-state index contributed by atoms with van der Waals surface area (Å²) in [6.07, 6.45) is -0.747. The summed E-state index contributed by atoms with van der Waals surface area (Å²) < 4.78 is 11.1. The highest BCUT2D eigenvalue weighted by Gasteiger charge is 2.75. The summed E-state index contributed by atoms with van der Waals surface area (Å²) in [5.41, 5.74) is -1.51. The number of carbonyl (C=O) groups excluding carboxylic acids is 3. The van der Waals surface area contributed by atoms with Crippen LogP contribution in [0.4, 0.5) is 0 Å². The Kier molecular flexibility index (Phi) is 4.02. The van der Waals surface area contributed by atoms with E-state index in [1.165, 1.54) is 6.08 Å². The van der Waals surface area contributed by atoms with E-state index < -0.39 is 64.5 Å². The van der Waals surface area contributed by atoms with Crippen LogP contribution in [0.1, 0.15) is 33.6 Å². The summed E-state index contributed by atoms with van der Waals surface area (Å²) in [5.74, 6) is -5.35. The zero-order chi connectivity index (χ0) is 20.6. The number of hydrogen-bond donors (Lipinski definition) is 2. The molecule has 0 aromatic heterocycles. The van der Waals surface area contributed by atoms with E-state index in [-0.39, 0.29) is 18.9 Å². The Morgan fingerprint density at radius 1 is 1.29 bits per heavy atom. The van der Waals surface area contributed by atoms with Crippen LogP contribution in [0.2, 0.25) is 0 Å². The van der Waals surface area contributed by atoms with E-state index >= 15 is 0 Å². The number of esters is 2. The summed E-state index contributed by atoms with van der Waals surface area (Å²) in [6.45, 7) is 4.98. The number of allylic oxidation sites excluding steroid dienone is 1. The van der Waals surface area contributed by atoms with Crippen molar-refractivity contribution in [1.82, 2.24) is 0 Å². The van der Waals surface area contributed by atoms with Gasteiger partial charge in [0.25, 0.3) is 0 Å². The second-order valence-electron chi connectivity index (χ2n) is 8.92. The number of carboxylic acid groups (broad SMARTS) is 1. The van der Waals surface area contributed by atoms with Gasteiger partial charge in [-0.1, -0.05) is 19.4 Å². The number of aliphatic hydroxyl groups is 1. The van der Waals surface area contributed by atoms with E-state index in [2.05, 4.69) is 0 Å². The summed E-state index contributed by atoms with van der Waals surface area (Å²) >= 11 is 0. The van der Waals surface area contributed by atoms with Gasteiger partial charge in [-0.2, -0.15) is 0 Å². The van der Waals surface area contributed by atoms with Crippen LogP contribution in [-0.2, 0) is 28.7 Å². The van der Waals surface area contributed by atoms with Crippen LogP contribution in [0.25, 0.3) is 0 Å². The molecular weight excluding hydrogens is 368 g/mol. The van der Waals surface area contributed by atoms with Gasteiger partial charge in [0.05, 0.1) is 17.3 Å². The fraction of sp³-hybridized carbons (Fsp3) is 0.700. The average Bonchev–Trinajstić information content (AvgIpc) is 2.97. The Labute approximate surface area is 161 Å². The van der Waals surface area contributed by atoms with Crippen LogP contribution in [0.15, 0.2) is 11.6 Å². The maximum atomic E-state index is 12.9. The fourth-order valence-electron chi connectivity index (χ4n) is 6.47. The molecule has 0 aromatic rings. The average molecular weight is 392 g/mol. The quantitative estimate of drug-likeness (QED) is 0.658. The van der Waals surface area contributed by atoms with Gasteiger partial charge in [0.15, 0.2) is 5.78 Å². The molecule has 2 heterocycles. The standard InChI is InChI=1S/C20H24O8/c1-8-4-12(21)16(24)19(3)10(8)5-13-20(7-27-18(26)15(19)20)11(6-14(22)23)9(2)17(25)28-13/h4,9-11,13,15-16,24H,5-7H2,1-3H3,(H,22,23)/t9-,10-,11+,13-,15?,16-,19+,20-/m1/s1. The first-order valence-electron chi connectivity index (χ1n) is 9.54. The molecule has 28 heavy (non-hydrogen) atoms. The zero-order valence-electron chi connectivity index (χ0n) is 16.0. The van der Waals surface area contributed by atoms with Crippen molar-refractivity contribution in [3.8, 4) is 0 Å². The summed E-state index contributed by atoms with van der Waals surface area (Å²) in [4.78, 5) is 49.5. The van der Waals surface area contributed by atoms with Gasteiger partial charge >= 0.3 is 17.9 Å². The Hall–Kier alpha value is -2.22. The van der Waals surface area contributed by atoms with E-state index in [4.69, 9.17) is 9.47 Å². The molecule has 2 aliphatic carbocycles. The molecule has 1 unspecified atom stereocenters. The van der Waals surface area contributed by atoms with Crippen molar-refractivity contribution < 1.29 is 38.9 Å². The number of carbonyl (C=O) groups is 4. The number of carboxylic acids is 1. The van der Waals surface area contributed by atoms with Crippen molar-refractivity contribution in [1.29, 1.82) is 0 Å². The molecule has 8 heteroatoms. The molecule has 8 nitrogen and oxygen atoms in total. The Bertz CT molecular complexity index is 815. The molecule has 0 bridgehead atoms. The fourth-order valence-corrected chi connectivity index (χ4v) is 6.47. The molecule has 0 radical (unpaired) electrons. The molecule has 4 rings (SSSR count). The first-order chi connectivity index (χ1) is 13.0. The monoisotopic (exact) mass is 392 g/mol. The van der Waals surface area contributed by atoms with Crippen molar-refractivity contribution in [2.24, 2.45) is 34.5 Å².